The van der Waals surface area contributed by atoms with E-state index >= 15 is 0 Å². The summed E-state index contributed by atoms with van der Waals surface area (Å²) in [6.07, 6.45) is 3.00. The van der Waals surface area contributed by atoms with Gasteiger partial charge in [-0.1, -0.05) is 0 Å². The van der Waals surface area contributed by atoms with Crippen molar-refractivity contribution in [2.45, 2.75) is 19.4 Å². The number of aromatic amines is 1. The van der Waals surface area contributed by atoms with E-state index in [1.165, 1.54) is 0 Å². The smallest absolute Gasteiger partial charge is 0.357 e. The minimum absolute atomic E-state index is 0. The molecule has 0 spiro atoms. The quantitative estimate of drug-likeness (QED) is 0.500. The zero-order valence-corrected chi connectivity index (χ0v) is 17.1. The van der Waals surface area contributed by atoms with Gasteiger partial charge in [0.15, 0.2) is 11.4 Å². The number of nitrogens with one attached hydrogen (secondary N) is 2. The highest BCUT2D eigenvalue weighted by molar-refractivity contribution is 6.05. The van der Waals surface area contributed by atoms with Gasteiger partial charge in [-0.25, -0.2) is 9.78 Å². The normalized spacial score (nSPS) is 14.9. The van der Waals surface area contributed by atoms with Crippen molar-refractivity contribution in [1.29, 1.82) is 0 Å². The van der Waals surface area contributed by atoms with E-state index in [4.69, 9.17) is 14.3 Å². The van der Waals surface area contributed by atoms with E-state index in [9.17, 15) is 9.59 Å². The van der Waals surface area contributed by atoms with Crippen LogP contribution < -0.4 is 10.1 Å². The highest BCUT2D eigenvalue weighted by atomic mass is 16.5. The molecule has 166 valence electrons. The summed E-state index contributed by atoms with van der Waals surface area (Å²) in [7, 11) is 1.58. The SMILES string of the molecule is COc1ccc2[nH]nc(C(=O)NCC3CCN(Cc4nc(C(=O)O)co4)CC3)c2c1.O. The Morgan fingerprint density at radius 1 is 1.35 bits per heavy atom. The van der Waals surface area contributed by atoms with Crippen molar-refractivity contribution in [2.75, 3.05) is 26.7 Å². The average molecular weight is 431 g/mol. The van der Waals surface area contributed by atoms with Crippen LogP contribution in [-0.4, -0.2) is 69.3 Å². The third-order valence-corrected chi connectivity index (χ3v) is 5.37. The van der Waals surface area contributed by atoms with Crippen molar-refractivity contribution in [2.24, 2.45) is 5.92 Å². The molecule has 0 atom stereocenters. The first-order chi connectivity index (χ1) is 14.5. The summed E-state index contributed by atoms with van der Waals surface area (Å²) >= 11 is 0. The van der Waals surface area contributed by atoms with Crippen LogP contribution in [0.5, 0.6) is 5.75 Å². The standard InChI is InChI=1S/C20H23N5O5.H2O/c1-29-13-2-3-15-14(8-13)18(24-23-15)19(26)21-9-12-4-6-25(7-5-12)10-17-22-16(11-30-17)20(27)28;/h2-3,8,11-12H,4-7,9-10H2,1H3,(H,21,26)(H,23,24)(H,27,28);1H2. The average Bonchev–Trinajstić information content (AvgIpc) is 3.39. The number of nitrogens with zero attached hydrogens (tertiary/aromatic N) is 3. The lowest BCUT2D eigenvalue weighted by Crippen LogP contribution is -2.38. The lowest BCUT2D eigenvalue weighted by molar-refractivity contribution is 0.0690. The van der Waals surface area contributed by atoms with E-state index in [0.29, 0.717) is 36.3 Å². The van der Waals surface area contributed by atoms with Gasteiger partial charge in [-0.05, 0) is 50.0 Å². The second-order valence-electron chi connectivity index (χ2n) is 7.34. The van der Waals surface area contributed by atoms with Crippen molar-refractivity contribution < 1.29 is 29.3 Å². The highest BCUT2D eigenvalue weighted by Gasteiger charge is 2.23. The van der Waals surface area contributed by atoms with Crippen LogP contribution in [0.3, 0.4) is 0 Å². The van der Waals surface area contributed by atoms with Gasteiger partial charge in [-0.2, -0.15) is 5.10 Å². The molecule has 0 radical (unpaired) electrons. The fourth-order valence-electron chi connectivity index (χ4n) is 3.64. The molecule has 1 saturated heterocycles. The van der Waals surface area contributed by atoms with Crippen LogP contribution in [0, 0.1) is 5.92 Å². The second-order valence-corrected chi connectivity index (χ2v) is 7.34. The topological polar surface area (TPSA) is 165 Å². The number of carboxylic acid groups (broad SMARTS) is 1. The number of benzene rings is 1. The number of hydrogen-bond acceptors (Lipinski definition) is 7. The van der Waals surface area contributed by atoms with Gasteiger partial charge in [-0.3, -0.25) is 14.8 Å². The molecule has 1 fully saturated rings. The van der Waals surface area contributed by atoms with Crippen LogP contribution in [-0.2, 0) is 6.54 Å². The Morgan fingerprint density at radius 3 is 2.81 bits per heavy atom. The number of likely N-dealkylation sites (tertiary alicyclic amines) is 1. The van der Waals surface area contributed by atoms with Gasteiger partial charge in [0, 0.05) is 11.9 Å². The monoisotopic (exact) mass is 431 g/mol. The molecule has 0 aliphatic carbocycles. The number of piperidine rings is 1. The van der Waals surface area contributed by atoms with Crippen molar-refractivity contribution in [3.8, 4) is 5.75 Å². The number of ether oxygens (including phenoxy) is 1. The zero-order valence-electron chi connectivity index (χ0n) is 17.1. The zero-order chi connectivity index (χ0) is 21.1. The number of oxazole rings is 1. The Labute approximate surface area is 177 Å². The maximum atomic E-state index is 12.6. The second kappa shape index (κ2) is 9.58. The van der Waals surface area contributed by atoms with Crippen molar-refractivity contribution >= 4 is 22.8 Å². The summed E-state index contributed by atoms with van der Waals surface area (Å²) in [5, 5.41) is 19.6. The fourth-order valence-corrected chi connectivity index (χ4v) is 3.64. The first-order valence-electron chi connectivity index (χ1n) is 9.74. The molecule has 1 aliphatic rings. The van der Waals surface area contributed by atoms with Crippen molar-refractivity contribution in [3.05, 3.63) is 41.7 Å². The molecule has 0 bridgehead atoms. The number of aromatic nitrogens is 3. The van der Waals surface area contributed by atoms with Crippen LogP contribution in [0.1, 0.15) is 39.7 Å². The molecule has 5 N–H and O–H groups in total. The number of carboxylic acids is 1. The molecule has 1 aromatic carbocycles. The number of hydrogen-bond donors (Lipinski definition) is 3. The first kappa shape index (κ1) is 22.2. The molecule has 11 nitrogen and oxygen atoms in total. The largest absolute Gasteiger partial charge is 0.497 e. The maximum Gasteiger partial charge on any atom is 0.357 e. The lowest BCUT2D eigenvalue weighted by Gasteiger charge is -2.31. The summed E-state index contributed by atoms with van der Waals surface area (Å²) < 4.78 is 10.4. The van der Waals surface area contributed by atoms with E-state index in [2.05, 4.69) is 25.4 Å². The molecule has 1 aliphatic heterocycles. The summed E-state index contributed by atoms with van der Waals surface area (Å²) in [4.78, 5) is 29.6. The Bertz CT molecular complexity index is 1050. The van der Waals surface area contributed by atoms with Crippen LogP contribution in [0.2, 0.25) is 0 Å². The molecular weight excluding hydrogens is 406 g/mol. The van der Waals surface area contributed by atoms with E-state index in [1.54, 1.807) is 13.2 Å². The Morgan fingerprint density at radius 2 is 2.13 bits per heavy atom. The van der Waals surface area contributed by atoms with Gasteiger partial charge in [0.1, 0.15) is 12.0 Å². The summed E-state index contributed by atoms with van der Waals surface area (Å²) in [6, 6.07) is 5.45. The number of H-pyrrole nitrogens is 1. The first-order valence-corrected chi connectivity index (χ1v) is 9.74. The van der Waals surface area contributed by atoms with Gasteiger partial charge in [0.05, 0.1) is 19.2 Å². The van der Waals surface area contributed by atoms with Gasteiger partial charge >= 0.3 is 5.97 Å². The number of rotatable bonds is 7. The molecule has 0 saturated carbocycles. The minimum atomic E-state index is -1.09. The maximum absolute atomic E-state index is 12.6. The Balaban J connectivity index is 0.00000272. The molecule has 11 heteroatoms. The molecule has 3 heterocycles. The van der Waals surface area contributed by atoms with E-state index in [1.807, 2.05) is 12.1 Å². The number of amides is 1. The molecule has 3 aromatic rings. The molecule has 31 heavy (non-hydrogen) atoms. The molecule has 4 rings (SSSR count). The van der Waals surface area contributed by atoms with Crippen LogP contribution >= 0.6 is 0 Å². The lowest BCUT2D eigenvalue weighted by atomic mass is 9.96. The molecule has 0 unspecified atom stereocenters. The van der Waals surface area contributed by atoms with Crippen molar-refractivity contribution in [1.82, 2.24) is 25.4 Å². The van der Waals surface area contributed by atoms with Crippen LogP contribution in [0.4, 0.5) is 0 Å². The van der Waals surface area contributed by atoms with Gasteiger partial charge in [-0.15, -0.1) is 0 Å². The number of fused-ring (bicyclic) bond motifs is 1. The van der Waals surface area contributed by atoms with Gasteiger partial charge in [0.25, 0.3) is 5.91 Å². The molecule has 2 aromatic heterocycles. The van der Waals surface area contributed by atoms with E-state index in [0.717, 1.165) is 43.1 Å². The van der Waals surface area contributed by atoms with Crippen LogP contribution in [0.15, 0.2) is 28.9 Å². The number of carbonyl (C=O) groups excluding carboxylic acids is 1. The minimum Gasteiger partial charge on any atom is -0.497 e. The summed E-state index contributed by atoms with van der Waals surface area (Å²) in [5.74, 6) is 0.136. The van der Waals surface area contributed by atoms with Gasteiger partial charge in [0.2, 0.25) is 5.89 Å². The third-order valence-electron chi connectivity index (χ3n) is 5.37. The molecule has 1 amide bonds. The highest BCUT2D eigenvalue weighted by Crippen LogP contribution is 2.22. The fraction of sp³-hybridized carbons (Fsp3) is 0.400. The predicted octanol–water partition coefficient (Wildman–Crippen LogP) is 1.07. The third kappa shape index (κ3) is 5.01. The number of carbonyl (C=O) groups is 2. The number of aromatic carboxylic acids is 1. The Kier molecular flexibility index (Phi) is 6.88. The number of methoxy groups -OCH3 is 1. The summed E-state index contributed by atoms with van der Waals surface area (Å²) in [5.41, 5.74) is 1.07. The van der Waals surface area contributed by atoms with Gasteiger partial charge < -0.3 is 25.1 Å². The molecular formula is C20H25N5O6. The van der Waals surface area contributed by atoms with E-state index in [-0.39, 0.29) is 17.1 Å². The van der Waals surface area contributed by atoms with Crippen molar-refractivity contribution in [3.63, 3.8) is 0 Å². The van der Waals surface area contributed by atoms with E-state index < -0.39 is 5.97 Å². The predicted molar refractivity (Wildman–Crippen MR) is 110 cm³/mol. The Hall–Kier alpha value is -3.44. The van der Waals surface area contributed by atoms with Crippen LogP contribution in [0.25, 0.3) is 10.9 Å². The summed E-state index contributed by atoms with van der Waals surface area (Å²) in [6.45, 7) is 2.71.